The lowest BCUT2D eigenvalue weighted by Gasteiger charge is -2.12. The van der Waals surface area contributed by atoms with E-state index in [4.69, 9.17) is 5.73 Å². The van der Waals surface area contributed by atoms with E-state index >= 15 is 0 Å². The van der Waals surface area contributed by atoms with Crippen molar-refractivity contribution in [2.75, 3.05) is 0 Å². The summed E-state index contributed by atoms with van der Waals surface area (Å²) in [5.41, 5.74) is 7.61. The number of benzene rings is 1. The van der Waals surface area contributed by atoms with Crippen molar-refractivity contribution in [3.63, 3.8) is 0 Å². The van der Waals surface area contributed by atoms with Gasteiger partial charge in [0.25, 0.3) is 5.56 Å². The van der Waals surface area contributed by atoms with Crippen molar-refractivity contribution in [1.82, 2.24) is 19.7 Å². The normalized spacial score (nSPS) is 10.8. The highest BCUT2D eigenvalue weighted by Crippen LogP contribution is 2.33. The molecular weight excluding hydrogens is 322 g/mol. The van der Waals surface area contributed by atoms with E-state index in [0.717, 1.165) is 0 Å². The van der Waals surface area contributed by atoms with Crippen LogP contribution in [-0.2, 0) is 0 Å². The highest BCUT2D eigenvalue weighted by atomic mass is 16.3. The minimum absolute atomic E-state index is 0.122. The standard InChI is InChI=1S/C17H17N5O3/c1-8-7-12(14-11(15(18)24)5-4-6-13(14)23)22(21-8)17-19-10(3)9(2)16(25)20-17/h4-7,23H,1-3H3,(H2,18,24)(H,19,20,25). The van der Waals surface area contributed by atoms with E-state index in [1.54, 1.807) is 26.8 Å². The van der Waals surface area contributed by atoms with Crippen LogP contribution in [0.4, 0.5) is 0 Å². The Kier molecular flexibility index (Phi) is 3.88. The van der Waals surface area contributed by atoms with Crippen LogP contribution >= 0.6 is 0 Å². The lowest BCUT2D eigenvalue weighted by Crippen LogP contribution is -2.19. The van der Waals surface area contributed by atoms with Gasteiger partial charge >= 0.3 is 0 Å². The van der Waals surface area contributed by atoms with Crippen molar-refractivity contribution in [2.45, 2.75) is 20.8 Å². The third-order valence-electron chi connectivity index (χ3n) is 3.98. The number of amides is 1. The molecule has 25 heavy (non-hydrogen) atoms. The minimum atomic E-state index is -0.683. The SMILES string of the molecule is Cc1cc(-c2c(O)cccc2C(N)=O)n(-c2nc(C)c(C)c(=O)[nH]2)n1. The molecule has 0 aliphatic heterocycles. The molecule has 2 heterocycles. The molecule has 0 saturated heterocycles. The summed E-state index contributed by atoms with van der Waals surface area (Å²) in [5, 5.41) is 14.6. The van der Waals surface area contributed by atoms with Crippen molar-refractivity contribution in [2.24, 2.45) is 5.73 Å². The molecule has 0 fully saturated rings. The molecule has 0 bridgehead atoms. The van der Waals surface area contributed by atoms with Crippen molar-refractivity contribution >= 4 is 5.91 Å². The lowest BCUT2D eigenvalue weighted by molar-refractivity contribution is 0.100. The summed E-state index contributed by atoms with van der Waals surface area (Å²) in [5.74, 6) is -0.614. The monoisotopic (exact) mass is 339 g/mol. The van der Waals surface area contributed by atoms with E-state index in [2.05, 4.69) is 15.1 Å². The van der Waals surface area contributed by atoms with Crippen LogP contribution in [0.3, 0.4) is 0 Å². The molecule has 4 N–H and O–H groups in total. The van der Waals surface area contributed by atoms with Crippen LogP contribution in [0.2, 0.25) is 0 Å². The van der Waals surface area contributed by atoms with Crippen LogP contribution in [0.25, 0.3) is 17.2 Å². The number of aromatic nitrogens is 4. The van der Waals surface area contributed by atoms with Crippen molar-refractivity contribution in [3.8, 4) is 23.0 Å². The van der Waals surface area contributed by atoms with E-state index in [9.17, 15) is 14.7 Å². The molecule has 0 radical (unpaired) electrons. The number of phenols is 1. The molecule has 0 atom stereocenters. The first kappa shape index (κ1) is 16.4. The number of primary amides is 1. The van der Waals surface area contributed by atoms with Gasteiger partial charge in [0.15, 0.2) is 0 Å². The number of nitrogens with two attached hydrogens (primary N) is 1. The number of phenolic OH excluding ortho intramolecular Hbond substituents is 1. The number of aromatic amines is 1. The Bertz CT molecular complexity index is 1050. The number of H-pyrrole nitrogens is 1. The average Bonchev–Trinajstić information content (AvgIpc) is 2.93. The average molecular weight is 339 g/mol. The molecule has 0 unspecified atom stereocenters. The number of carbonyl (C=O) groups excluding carboxylic acids is 1. The van der Waals surface area contributed by atoms with Gasteiger partial charge in [0.2, 0.25) is 11.9 Å². The second-order valence-corrected chi connectivity index (χ2v) is 5.75. The molecule has 3 rings (SSSR count). The minimum Gasteiger partial charge on any atom is -0.507 e. The van der Waals surface area contributed by atoms with E-state index in [0.29, 0.717) is 22.6 Å². The maximum atomic E-state index is 12.1. The number of hydrogen-bond acceptors (Lipinski definition) is 5. The van der Waals surface area contributed by atoms with Gasteiger partial charge in [0.1, 0.15) is 5.75 Å². The number of hydrogen-bond donors (Lipinski definition) is 3. The van der Waals surface area contributed by atoms with Gasteiger partial charge in [-0.25, -0.2) is 4.98 Å². The molecule has 2 aromatic heterocycles. The Morgan fingerprint density at radius 1 is 1.28 bits per heavy atom. The molecule has 3 aromatic rings. The van der Waals surface area contributed by atoms with Gasteiger partial charge in [-0.1, -0.05) is 6.07 Å². The van der Waals surface area contributed by atoms with Crippen molar-refractivity contribution in [3.05, 3.63) is 57.1 Å². The zero-order chi connectivity index (χ0) is 18.3. The largest absolute Gasteiger partial charge is 0.507 e. The van der Waals surface area contributed by atoms with E-state index in [1.807, 2.05) is 0 Å². The highest BCUT2D eigenvalue weighted by Gasteiger charge is 2.21. The van der Waals surface area contributed by atoms with Crippen LogP contribution in [-0.4, -0.2) is 30.8 Å². The highest BCUT2D eigenvalue weighted by molar-refractivity contribution is 6.01. The summed E-state index contributed by atoms with van der Waals surface area (Å²) in [6.07, 6.45) is 0. The predicted molar refractivity (Wildman–Crippen MR) is 91.8 cm³/mol. The van der Waals surface area contributed by atoms with Gasteiger partial charge in [0, 0.05) is 11.3 Å². The second kappa shape index (κ2) is 5.90. The molecule has 128 valence electrons. The fraction of sp³-hybridized carbons (Fsp3) is 0.176. The lowest BCUT2D eigenvalue weighted by atomic mass is 10.0. The fourth-order valence-electron chi connectivity index (χ4n) is 2.58. The zero-order valence-corrected chi connectivity index (χ0v) is 14.0. The fourth-order valence-corrected chi connectivity index (χ4v) is 2.58. The summed E-state index contributed by atoms with van der Waals surface area (Å²) in [6, 6.07) is 6.17. The Morgan fingerprint density at radius 3 is 2.64 bits per heavy atom. The van der Waals surface area contributed by atoms with Crippen LogP contribution in [0.1, 0.15) is 27.3 Å². The third kappa shape index (κ3) is 2.78. The topological polar surface area (TPSA) is 127 Å². The molecule has 0 saturated carbocycles. The molecular formula is C17H17N5O3. The number of nitrogens with zero attached hydrogens (tertiary/aromatic N) is 3. The molecule has 1 aromatic carbocycles. The Hall–Kier alpha value is -3.42. The van der Waals surface area contributed by atoms with E-state index in [1.165, 1.54) is 22.9 Å². The van der Waals surface area contributed by atoms with Crippen LogP contribution in [0, 0.1) is 20.8 Å². The first-order valence-electron chi connectivity index (χ1n) is 7.56. The van der Waals surface area contributed by atoms with Gasteiger partial charge in [-0.05, 0) is 39.0 Å². The molecule has 0 aliphatic rings. The number of aromatic hydroxyl groups is 1. The number of rotatable bonds is 3. The third-order valence-corrected chi connectivity index (χ3v) is 3.98. The molecule has 8 heteroatoms. The maximum absolute atomic E-state index is 12.1. The quantitative estimate of drug-likeness (QED) is 0.664. The number of nitrogens with one attached hydrogen (secondary N) is 1. The molecule has 0 spiro atoms. The van der Waals surface area contributed by atoms with Crippen molar-refractivity contribution in [1.29, 1.82) is 0 Å². The Labute approximate surface area is 143 Å². The van der Waals surface area contributed by atoms with Crippen molar-refractivity contribution < 1.29 is 9.90 Å². The molecule has 1 amide bonds. The van der Waals surface area contributed by atoms with Crippen LogP contribution < -0.4 is 11.3 Å². The molecule has 0 aliphatic carbocycles. The summed E-state index contributed by atoms with van der Waals surface area (Å²) in [7, 11) is 0. The van der Waals surface area contributed by atoms with E-state index in [-0.39, 0.29) is 28.4 Å². The second-order valence-electron chi connectivity index (χ2n) is 5.75. The summed E-state index contributed by atoms with van der Waals surface area (Å²) in [6.45, 7) is 5.15. The molecule has 8 nitrogen and oxygen atoms in total. The van der Waals surface area contributed by atoms with Gasteiger partial charge < -0.3 is 10.8 Å². The van der Waals surface area contributed by atoms with Gasteiger partial charge in [-0.3, -0.25) is 14.6 Å². The Balaban J connectivity index is 2.33. The number of aryl methyl sites for hydroxylation is 2. The van der Waals surface area contributed by atoms with Gasteiger partial charge in [0.05, 0.1) is 22.5 Å². The summed E-state index contributed by atoms with van der Waals surface area (Å²) in [4.78, 5) is 30.8. The van der Waals surface area contributed by atoms with Gasteiger partial charge in [-0.2, -0.15) is 9.78 Å². The smallest absolute Gasteiger partial charge is 0.255 e. The first-order chi connectivity index (χ1) is 11.8. The maximum Gasteiger partial charge on any atom is 0.255 e. The van der Waals surface area contributed by atoms with Crippen LogP contribution in [0.5, 0.6) is 5.75 Å². The number of carbonyl (C=O) groups is 1. The van der Waals surface area contributed by atoms with Crippen LogP contribution in [0.15, 0.2) is 29.1 Å². The predicted octanol–water partition coefficient (Wildman–Crippen LogP) is 1.35. The summed E-state index contributed by atoms with van der Waals surface area (Å²) < 4.78 is 1.38. The first-order valence-corrected chi connectivity index (χ1v) is 7.56. The Morgan fingerprint density at radius 2 is 2.00 bits per heavy atom. The van der Waals surface area contributed by atoms with E-state index < -0.39 is 5.91 Å². The summed E-state index contributed by atoms with van der Waals surface area (Å²) >= 11 is 0. The zero-order valence-electron chi connectivity index (χ0n) is 14.0. The van der Waals surface area contributed by atoms with Gasteiger partial charge in [-0.15, -0.1) is 0 Å².